The topological polar surface area (TPSA) is 71.1 Å². The summed E-state index contributed by atoms with van der Waals surface area (Å²) in [5.74, 6) is 0.0624. The van der Waals surface area contributed by atoms with Gasteiger partial charge in [0.15, 0.2) is 0 Å². The highest BCUT2D eigenvalue weighted by Gasteiger charge is 2.34. The van der Waals surface area contributed by atoms with Crippen molar-refractivity contribution < 1.29 is 23.5 Å². The van der Waals surface area contributed by atoms with E-state index in [2.05, 4.69) is 5.32 Å². The molecule has 2 aliphatic rings. The molecule has 2 aromatic carbocycles. The van der Waals surface area contributed by atoms with Gasteiger partial charge in [0.2, 0.25) is 5.91 Å². The minimum absolute atomic E-state index is 0.0654. The summed E-state index contributed by atoms with van der Waals surface area (Å²) in [7, 11) is 0. The molecule has 1 N–H and O–H groups in total. The van der Waals surface area contributed by atoms with Gasteiger partial charge in [-0.1, -0.05) is 17.7 Å². The van der Waals surface area contributed by atoms with Crippen molar-refractivity contribution in [2.75, 3.05) is 38.2 Å². The van der Waals surface area contributed by atoms with Crippen LogP contribution >= 0.6 is 11.3 Å². The van der Waals surface area contributed by atoms with Crippen LogP contribution < -0.4 is 10.1 Å². The molecule has 0 saturated carbocycles. The van der Waals surface area contributed by atoms with Gasteiger partial charge in [0.1, 0.15) is 24.7 Å². The Morgan fingerprint density at radius 3 is 2.68 bits per heavy atom. The Hall–Kier alpha value is -3.43. The molecule has 1 fully saturated rings. The van der Waals surface area contributed by atoms with E-state index in [1.807, 2.05) is 42.6 Å². The number of carbonyl (C=O) groups is 2. The van der Waals surface area contributed by atoms with Crippen molar-refractivity contribution in [3.05, 3.63) is 81.8 Å². The van der Waals surface area contributed by atoms with Gasteiger partial charge in [-0.05, 0) is 79.6 Å². The van der Waals surface area contributed by atoms with Crippen LogP contribution in [-0.4, -0.2) is 60.7 Å². The van der Waals surface area contributed by atoms with E-state index in [1.54, 1.807) is 33.3 Å². The van der Waals surface area contributed by atoms with Crippen LogP contribution in [0.4, 0.5) is 14.9 Å². The molecule has 0 aliphatic carbocycles. The third-order valence-electron chi connectivity index (χ3n) is 7.00. The Morgan fingerprint density at radius 2 is 1.95 bits per heavy atom. The monoisotopic (exact) mass is 537 g/mol. The highest BCUT2D eigenvalue weighted by molar-refractivity contribution is 7.10. The summed E-state index contributed by atoms with van der Waals surface area (Å²) in [6, 6.07) is 14.8. The Kier molecular flexibility index (Phi) is 8.24. The fourth-order valence-electron chi connectivity index (χ4n) is 4.93. The van der Waals surface area contributed by atoms with Crippen molar-refractivity contribution in [3.8, 4) is 5.75 Å². The average molecular weight is 538 g/mol. The van der Waals surface area contributed by atoms with E-state index < -0.39 is 0 Å². The molecular formula is C29H32FN3O4S. The molecule has 0 spiro atoms. The van der Waals surface area contributed by atoms with Crippen LogP contribution in [0.1, 0.15) is 34.9 Å². The normalized spacial score (nSPS) is 18.6. The molecule has 200 valence electrons. The maximum Gasteiger partial charge on any atom is 0.322 e. The fourth-order valence-corrected chi connectivity index (χ4v) is 5.86. The number of anilines is 1. The number of ether oxygens (including phenoxy) is 2. The van der Waals surface area contributed by atoms with Gasteiger partial charge in [-0.2, -0.15) is 0 Å². The predicted molar refractivity (Wildman–Crippen MR) is 145 cm³/mol. The number of nitrogens with one attached hydrogen (secondary N) is 1. The second-order valence-electron chi connectivity index (χ2n) is 9.73. The summed E-state index contributed by atoms with van der Waals surface area (Å²) >= 11 is 1.67. The van der Waals surface area contributed by atoms with E-state index in [9.17, 15) is 14.0 Å². The van der Waals surface area contributed by atoms with Gasteiger partial charge in [0, 0.05) is 30.3 Å². The first-order chi connectivity index (χ1) is 18.5. The summed E-state index contributed by atoms with van der Waals surface area (Å²) in [4.78, 5) is 31.7. The minimum Gasteiger partial charge on any atom is -0.491 e. The van der Waals surface area contributed by atoms with Crippen molar-refractivity contribution >= 4 is 29.0 Å². The number of rotatable bonds is 8. The molecule has 3 heterocycles. The summed E-state index contributed by atoms with van der Waals surface area (Å²) in [6.45, 7) is 3.71. The average Bonchev–Trinajstić information content (AvgIpc) is 3.61. The lowest BCUT2D eigenvalue weighted by molar-refractivity contribution is -0.135. The van der Waals surface area contributed by atoms with E-state index in [4.69, 9.17) is 9.47 Å². The van der Waals surface area contributed by atoms with Crippen molar-refractivity contribution in [2.45, 2.75) is 38.3 Å². The zero-order chi connectivity index (χ0) is 26.5. The first-order valence-corrected chi connectivity index (χ1v) is 13.8. The highest BCUT2D eigenvalue weighted by atomic mass is 32.1. The number of benzene rings is 2. The number of nitrogens with zero attached hydrogens (tertiary/aromatic N) is 2. The number of fused-ring (bicyclic) bond motifs is 1. The van der Waals surface area contributed by atoms with Gasteiger partial charge in [-0.15, -0.1) is 11.3 Å². The zero-order valence-electron chi connectivity index (χ0n) is 21.4. The number of amides is 3. The summed E-state index contributed by atoms with van der Waals surface area (Å²) in [5.41, 5.74) is 2.84. The quantitative estimate of drug-likeness (QED) is 0.417. The molecule has 3 aromatic rings. The number of aryl methyl sites for hydroxylation is 1. The maximum atomic E-state index is 13.7. The molecule has 38 heavy (non-hydrogen) atoms. The lowest BCUT2D eigenvalue weighted by Crippen LogP contribution is -2.50. The van der Waals surface area contributed by atoms with Crippen LogP contribution in [-0.2, 0) is 16.0 Å². The number of carbonyl (C=O) groups excluding carboxylic acids is 2. The SMILES string of the molecule is Cc1ccc(NC(=O)N(CC(=O)N2CCc3sccc3[C@H]2COc2ccc(F)cc2)C[C@H]2CCCO2)cc1. The molecule has 1 saturated heterocycles. The van der Waals surface area contributed by atoms with Crippen LogP contribution in [0.3, 0.4) is 0 Å². The number of urea groups is 1. The van der Waals surface area contributed by atoms with Gasteiger partial charge in [0.05, 0.1) is 12.1 Å². The minimum atomic E-state index is -0.331. The summed E-state index contributed by atoms with van der Waals surface area (Å²) in [5, 5.41) is 4.96. The third kappa shape index (κ3) is 6.34. The predicted octanol–water partition coefficient (Wildman–Crippen LogP) is 5.41. The van der Waals surface area contributed by atoms with E-state index in [0.29, 0.717) is 31.1 Å². The molecule has 1 aromatic heterocycles. The van der Waals surface area contributed by atoms with Crippen LogP contribution in [0.5, 0.6) is 5.75 Å². The Bertz CT molecular complexity index is 1240. The number of thiophene rings is 1. The maximum absolute atomic E-state index is 13.7. The number of hydrogen-bond acceptors (Lipinski definition) is 5. The molecular weight excluding hydrogens is 505 g/mol. The van der Waals surface area contributed by atoms with Crippen LogP contribution in [0.25, 0.3) is 0 Å². The van der Waals surface area contributed by atoms with Gasteiger partial charge in [0.25, 0.3) is 0 Å². The van der Waals surface area contributed by atoms with Crippen molar-refractivity contribution in [1.29, 1.82) is 0 Å². The van der Waals surface area contributed by atoms with Crippen LogP contribution in [0.2, 0.25) is 0 Å². The third-order valence-corrected chi connectivity index (χ3v) is 8.00. The summed E-state index contributed by atoms with van der Waals surface area (Å²) < 4.78 is 25.1. The Morgan fingerprint density at radius 1 is 1.16 bits per heavy atom. The van der Waals surface area contributed by atoms with Gasteiger partial charge in [-0.3, -0.25) is 4.79 Å². The van der Waals surface area contributed by atoms with E-state index in [1.165, 1.54) is 17.0 Å². The van der Waals surface area contributed by atoms with Gasteiger partial charge in [-0.25, -0.2) is 9.18 Å². The van der Waals surface area contributed by atoms with Crippen LogP contribution in [0, 0.1) is 12.7 Å². The standard InChI is InChI=1S/C29H32FN3O4S/c1-20-4-8-22(9-5-20)31-29(35)32(17-24-3-2-15-36-24)18-28(34)33-14-12-27-25(13-16-38-27)26(33)19-37-23-10-6-21(30)7-11-23/h4-11,13,16,24,26H,2-3,12,14-15,17-19H2,1H3,(H,31,35)/t24-,26-/m1/s1. The molecule has 7 nitrogen and oxygen atoms in total. The molecule has 3 amide bonds. The molecule has 0 radical (unpaired) electrons. The highest BCUT2D eigenvalue weighted by Crippen LogP contribution is 2.34. The van der Waals surface area contributed by atoms with Crippen LogP contribution in [0.15, 0.2) is 60.0 Å². The van der Waals surface area contributed by atoms with E-state index in [0.717, 1.165) is 30.4 Å². The molecule has 5 rings (SSSR count). The second kappa shape index (κ2) is 12.0. The van der Waals surface area contributed by atoms with Gasteiger partial charge < -0.3 is 24.6 Å². The molecule has 0 unspecified atom stereocenters. The largest absolute Gasteiger partial charge is 0.491 e. The summed E-state index contributed by atoms with van der Waals surface area (Å²) in [6.07, 6.45) is 2.47. The van der Waals surface area contributed by atoms with Crippen molar-refractivity contribution in [1.82, 2.24) is 9.80 Å². The fraction of sp³-hybridized carbons (Fsp3) is 0.379. The lowest BCUT2D eigenvalue weighted by Gasteiger charge is -2.37. The Balaban J connectivity index is 1.31. The first kappa shape index (κ1) is 26.2. The van der Waals surface area contributed by atoms with Crippen molar-refractivity contribution in [2.24, 2.45) is 0 Å². The number of halogens is 1. The Labute approximate surface area is 226 Å². The molecule has 2 aliphatic heterocycles. The molecule has 0 bridgehead atoms. The van der Waals surface area contributed by atoms with E-state index in [-0.39, 0.29) is 43.1 Å². The molecule has 2 atom stereocenters. The number of hydrogen-bond donors (Lipinski definition) is 1. The zero-order valence-corrected chi connectivity index (χ0v) is 22.2. The van der Waals surface area contributed by atoms with E-state index >= 15 is 0 Å². The van der Waals surface area contributed by atoms with Gasteiger partial charge >= 0.3 is 6.03 Å². The first-order valence-electron chi connectivity index (χ1n) is 12.9. The second-order valence-corrected chi connectivity index (χ2v) is 10.7. The molecule has 9 heteroatoms. The van der Waals surface area contributed by atoms with Crippen molar-refractivity contribution in [3.63, 3.8) is 0 Å². The lowest BCUT2D eigenvalue weighted by atomic mass is 10.0. The smallest absolute Gasteiger partial charge is 0.322 e.